The number of aromatic nitrogens is 2. The van der Waals surface area contributed by atoms with Gasteiger partial charge in [0.05, 0.1) is 11.2 Å². The zero-order chi connectivity index (χ0) is 18.8. The van der Waals surface area contributed by atoms with Crippen LogP contribution in [0.4, 0.5) is 11.5 Å². The lowest BCUT2D eigenvalue weighted by Gasteiger charge is -2.28. The number of fused-ring (bicyclic) bond motifs is 2. The van der Waals surface area contributed by atoms with Gasteiger partial charge in [-0.3, -0.25) is 14.5 Å². The standard InChI is InChI=1S/C19H16N4O4/c20-19-12-5-1-2-6-13(12)21-16(22-19)10-27-18(25)9-23-14-7-3-4-8-15(14)26-11-17(23)24/h1-8H,9-11H2,(H2,20,21,22). The van der Waals surface area contributed by atoms with Crippen LogP contribution in [0.15, 0.2) is 48.5 Å². The molecule has 0 aliphatic carbocycles. The molecule has 1 aliphatic rings. The molecule has 0 spiro atoms. The molecule has 0 bridgehead atoms. The molecule has 0 radical (unpaired) electrons. The van der Waals surface area contributed by atoms with E-state index in [4.69, 9.17) is 15.2 Å². The van der Waals surface area contributed by atoms with Crippen LogP contribution in [0.25, 0.3) is 10.9 Å². The van der Waals surface area contributed by atoms with Gasteiger partial charge in [0, 0.05) is 5.39 Å². The highest BCUT2D eigenvalue weighted by Crippen LogP contribution is 2.31. The van der Waals surface area contributed by atoms with Crippen LogP contribution in [0.1, 0.15) is 5.82 Å². The average Bonchev–Trinajstić information content (AvgIpc) is 2.69. The lowest BCUT2D eigenvalue weighted by Crippen LogP contribution is -2.42. The van der Waals surface area contributed by atoms with Crippen molar-refractivity contribution in [1.29, 1.82) is 0 Å². The summed E-state index contributed by atoms with van der Waals surface area (Å²) in [6.45, 7) is -0.467. The maximum absolute atomic E-state index is 12.2. The van der Waals surface area contributed by atoms with Crippen molar-refractivity contribution in [3.63, 3.8) is 0 Å². The summed E-state index contributed by atoms with van der Waals surface area (Å²) in [6.07, 6.45) is 0. The molecule has 0 saturated carbocycles. The monoisotopic (exact) mass is 364 g/mol. The van der Waals surface area contributed by atoms with Crippen LogP contribution in [0.2, 0.25) is 0 Å². The topological polar surface area (TPSA) is 108 Å². The van der Waals surface area contributed by atoms with Gasteiger partial charge in [-0.05, 0) is 24.3 Å². The van der Waals surface area contributed by atoms with E-state index in [2.05, 4.69) is 9.97 Å². The van der Waals surface area contributed by atoms with Crippen LogP contribution in [-0.4, -0.2) is 35.0 Å². The molecular formula is C19H16N4O4. The number of nitrogen functional groups attached to an aromatic ring is 1. The fourth-order valence-electron chi connectivity index (χ4n) is 2.86. The Morgan fingerprint density at radius 2 is 1.93 bits per heavy atom. The molecule has 2 N–H and O–H groups in total. The minimum atomic E-state index is -0.574. The van der Waals surface area contributed by atoms with E-state index in [-0.39, 0.29) is 25.7 Å². The SMILES string of the molecule is Nc1nc(COC(=O)CN2C(=O)COc3ccccc32)nc2ccccc12. The fraction of sp³-hybridized carbons (Fsp3) is 0.158. The first-order valence-corrected chi connectivity index (χ1v) is 8.31. The Balaban J connectivity index is 1.45. The first-order valence-electron chi connectivity index (χ1n) is 8.31. The van der Waals surface area contributed by atoms with E-state index < -0.39 is 5.97 Å². The number of carbonyl (C=O) groups is 2. The van der Waals surface area contributed by atoms with Crippen LogP contribution in [0.3, 0.4) is 0 Å². The first-order chi connectivity index (χ1) is 13.1. The van der Waals surface area contributed by atoms with Crippen molar-refractivity contribution >= 4 is 34.3 Å². The molecule has 2 aromatic carbocycles. The molecule has 0 unspecified atom stereocenters. The summed E-state index contributed by atoms with van der Waals surface area (Å²) < 4.78 is 10.6. The van der Waals surface area contributed by atoms with Crippen LogP contribution in [-0.2, 0) is 20.9 Å². The predicted molar refractivity (Wildman–Crippen MR) is 98.0 cm³/mol. The minimum Gasteiger partial charge on any atom is -0.482 e. The van der Waals surface area contributed by atoms with Gasteiger partial charge in [0.1, 0.15) is 18.1 Å². The molecule has 1 amide bonds. The van der Waals surface area contributed by atoms with Gasteiger partial charge in [0.15, 0.2) is 19.0 Å². The Morgan fingerprint density at radius 3 is 2.81 bits per heavy atom. The Hall–Kier alpha value is -3.68. The molecule has 1 aliphatic heterocycles. The molecule has 136 valence electrons. The summed E-state index contributed by atoms with van der Waals surface area (Å²) >= 11 is 0. The number of amides is 1. The Kier molecular flexibility index (Phi) is 4.29. The number of hydrogen-bond acceptors (Lipinski definition) is 7. The van der Waals surface area contributed by atoms with Crippen molar-refractivity contribution in [3.8, 4) is 5.75 Å². The molecule has 3 aromatic rings. The number of nitrogens with zero attached hydrogens (tertiary/aromatic N) is 3. The number of nitrogens with two attached hydrogens (primary N) is 1. The second-order valence-corrected chi connectivity index (χ2v) is 5.94. The Bertz CT molecular complexity index is 1040. The molecule has 8 heteroatoms. The number of hydrogen-bond donors (Lipinski definition) is 1. The molecule has 2 heterocycles. The quantitative estimate of drug-likeness (QED) is 0.702. The highest BCUT2D eigenvalue weighted by molar-refractivity contribution is 6.01. The molecule has 0 atom stereocenters. The van der Waals surface area contributed by atoms with Crippen molar-refractivity contribution in [2.75, 3.05) is 23.8 Å². The maximum Gasteiger partial charge on any atom is 0.326 e. The molecule has 27 heavy (non-hydrogen) atoms. The summed E-state index contributed by atoms with van der Waals surface area (Å²) in [7, 11) is 0. The normalized spacial score (nSPS) is 13.2. The smallest absolute Gasteiger partial charge is 0.326 e. The lowest BCUT2D eigenvalue weighted by molar-refractivity contribution is -0.144. The van der Waals surface area contributed by atoms with E-state index in [0.717, 1.165) is 5.39 Å². The summed E-state index contributed by atoms with van der Waals surface area (Å²) in [4.78, 5) is 34.2. The average molecular weight is 364 g/mol. The molecule has 8 nitrogen and oxygen atoms in total. The largest absolute Gasteiger partial charge is 0.482 e. The van der Waals surface area contributed by atoms with Crippen LogP contribution in [0.5, 0.6) is 5.75 Å². The van der Waals surface area contributed by atoms with Crippen LogP contribution < -0.4 is 15.4 Å². The van der Waals surface area contributed by atoms with Gasteiger partial charge in [-0.15, -0.1) is 0 Å². The van der Waals surface area contributed by atoms with Crippen molar-refractivity contribution in [3.05, 3.63) is 54.4 Å². The van der Waals surface area contributed by atoms with E-state index in [0.29, 0.717) is 28.6 Å². The Labute approximate surface area is 154 Å². The Morgan fingerprint density at radius 1 is 1.15 bits per heavy atom. The van der Waals surface area contributed by atoms with Gasteiger partial charge in [-0.2, -0.15) is 0 Å². The third kappa shape index (κ3) is 3.37. The maximum atomic E-state index is 12.2. The van der Waals surface area contributed by atoms with Gasteiger partial charge in [0.25, 0.3) is 5.91 Å². The van der Waals surface area contributed by atoms with E-state index >= 15 is 0 Å². The first kappa shape index (κ1) is 16.8. The zero-order valence-electron chi connectivity index (χ0n) is 14.3. The minimum absolute atomic E-state index is 0.116. The number of esters is 1. The molecule has 0 fully saturated rings. The second kappa shape index (κ2) is 6.91. The van der Waals surface area contributed by atoms with Gasteiger partial charge in [-0.1, -0.05) is 24.3 Å². The van der Waals surface area contributed by atoms with E-state index in [1.165, 1.54) is 4.90 Å². The molecule has 1 aromatic heterocycles. The van der Waals surface area contributed by atoms with Crippen LogP contribution in [0, 0.1) is 0 Å². The number of benzene rings is 2. The fourth-order valence-corrected chi connectivity index (χ4v) is 2.86. The van der Waals surface area contributed by atoms with Crippen LogP contribution >= 0.6 is 0 Å². The van der Waals surface area contributed by atoms with E-state index in [1.54, 1.807) is 24.3 Å². The number of ether oxygens (including phenoxy) is 2. The number of carbonyl (C=O) groups excluding carboxylic acids is 2. The summed E-state index contributed by atoms with van der Waals surface area (Å²) in [5.74, 6) is 0.292. The highest BCUT2D eigenvalue weighted by Gasteiger charge is 2.27. The zero-order valence-corrected chi connectivity index (χ0v) is 14.3. The van der Waals surface area contributed by atoms with E-state index in [1.807, 2.05) is 24.3 Å². The van der Waals surface area contributed by atoms with Gasteiger partial charge < -0.3 is 15.2 Å². The van der Waals surface area contributed by atoms with Crippen molar-refractivity contribution in [2.24, 2.45) is 0 Å². The summed E-state index contributed by atoms with van der Waals surface area (Å²) in [5, 5.41) is 0.739. The third-order valence-electron chi connectivity index (χ3n) is 4.14. The van der Waals surface area contributed by atoms with Crippen molar-refractivity contribution in [2.45, 2.75) is 6.61 Å². The van der Waals surface area contributed by atoms with Gasteiger partial charge >= 0.3 is 5.97 Å². The van der Waals surface area contributed by atoms with E-state index in [9.17, 15) is 9.59 Å². The second-order valence-electron chi connectivity index (χ2n) is 5.94. The van der Waals surface area contributed by atoms with Gasteiger partial charge in [0.2, 0.25) is 0 Å². The number of anilines is 2. The highest BCUT2D eigenvalue weighted by atomic mass is 16.5. The third-order valence-corrected chi connectivity index (χ3v) is 4.14. The molecular weight excluding hydrogens is 348 g/mol. The van der Waals surface area contributed by atoms with Crippen molar-refractivity contribution < 1.29 is 19.1 Å². The number of para-hydroxylation sites is 3. The molecule has 0 saturated heterocycles. The van der Waals surface area contributed by atoms with Crippen molar-refractivity contribution in [1.82, 2.24) is 9.97 Å². The summed E-state index contributed by atoms with van der Waals surface area (Å²) in [6, 6.07) is 14.3. The predicted octanol–water partition coefficient (Wildman–Crippen LogP) is 1.68. The lowest BCUT2D eigenvalue weighted by atomic mass is 10.2. The summed E-state index contributed by atoms with van der Waals surface area (Å²) in [5.41, 5.74) is 7.14. The molecule has 4 rings (SSSR count). The number of rotatable bonds is 4. The van der Waals surface area contributed by atoms with Gasteiger partial charge in [-0.25, -0.2) is 9.97 Å².